The highest BCUT2D eigenvalue weighted by Gasteiger charge is 2.19. The molecule has 0 saturated heterocycles. The fraction of sp³-hybridized carbons (Fsp3) is 0.143. The third-order valence-electron chi connectivity index (χ3n) is 1.56. The van der Waals surface area contributed by atoms with Gasteiger partial charge in [0.2, 0.25) is 10.0 Å². The van der Waals surface area contributed by atoms with Crippen molar-refractivity contribution in [3.8, 4) is 0 Å². The van der Waals surface area contributed by atoms with Crippen LogP contribution in [0.4, 0.5) is 5.69 Å². The number of nitrogens with two attached hydrogens (primary N) is 1. The van der Waals surface area contributed by atoms with Crippen molar-refractivity contribution in [1.82, 2.24) is 4.72 Å². The van der Waals surface area contributed by atoms with Crippen LogP contribution >= 0.6 is 31.9 Å². The van der Waals surface area contributed by atoms with Crippen molar-refractivity contribution in [1.29, 1.82) is 0 Å². The molecule has 4 nitrogen and oxygen atoms in total. The lowest BCUT2D eigenvalue weighted by Crippen LogP contribution is -2.19. The third kappa shape index (κ3) is 2.28. The second-order valence-corrected chi connectivity index (χ2v) is 6.05. The molecule has 0 unspecified atom stereocenters. The van der Waals surface area contributed by atoms with Crippen molar-refractivity contribution in [2.75, 3.05) is 12.8 Å². The summed E-state index contributed by atoms with van der Waals surface area (Å²) < 4.78 is 26.2. The minimum absolute atomic E-state index is 0.147. The van der Waals surface area contributed by atoms with E-state index in [9.17, 15) is 8.42 Å². The number of halogens is 2. The van der Waals surface area contributed by atoms with Gasteiger partial charge in [-0.25, -0.2) is 13.1 Å². The fourth-order valence-corrected chi connectivity index (χ4v) is 4.27. The number of nitrogens with one attached hydrogen (secondary N) is 1. The zero-order chi connectivity index (χ0) is 10.9. The van der Waals surface area contributed by atoms with E-state index in [2.05, 4.69) is 36.6 Å². The highest BCUT2D eigenvalue weighted by Crippen LogP contribution is 2.31. The Hall–Kier alpha value is -0.110. The Bertz CT molecular complexity index is 436. The van der Waals surface area contributed by atoms with Crippen LogP contribution in [-0.4, -0.2) is 15.5 Å². The quantitative estimate of drug-likeness (QED) is 0.803. The van der Waals surface area contributed by atoms with Gasteiger partial charge in [0.05, 0.1) is 0 Å². The van der Waals surface area contributed by atoms with E-state index in [-0.39, 0.29) is 4.90 Å². The first-order valence-electron chi connectivity index (χ1n) is 3.56. The van der Waals surface area contributed by atoms with Gasteiger partial charge in [-0.15, -0.1) is 0 Å². The standard InChI is InChI=1S/C7H8Br2N2O2S/c1-11-14(12,13)7-5(8)2-4(10)3-6(7)9/h2-3,11H,10H2,1H3. The van der Waals surface area contributed by atoms with E-state index in [0.717, 1.165) is 0 Å². The molecule has 0 atom stereocenters. The van der Waals surface area contributed by atoms with Gasteiger partial charge in [0, 0.05) is 14.6 Å². The first-order valence-corrected chi connectivity index (χ1v) is 6.63. The first kappa shape index (κ1) is 12.0. The summed E-state index contributed by atoms with van der Waals surface area (Å²) in [5.41, 5.74) is 6.02. The molecule has 3 N–H and O–H groups in total. The number of anilines is 1. The van der Waals surface area contributed by atoms with E-state index in [1.54, 1.807) is 0 Å². The van der Waals surface area contributed by atoms with Crippen molar-refractivity contribution >= 4 is 47.6 Å². The molecular formula is C7H8Br2N2O2S. The maximum Gasteiger partial charge on any atom is 0.242 e. The van der Waals surface area contributed by atoms with Crippen LogP contribution in [0.5, 0.6) is 0 Å². The molecule has 0 saturated carbocycles. The van der Waals surface area contributed by atoms with Crippen LogP contribution in [0, 0.1) is 0 Å². The molecule has 1 aromatic rings. The van der Waals surface area contributed by atoms with Crippen LogP contribution in [0.15, 0.2) is 26.0 Å². The lowest BCUT2D eigenvalue weighted by Gasteiger charge is -2.08. The van der Waals surface area contributed by atoms with Crippen LogP contribution < -0.4 is 10.5 Å². The summed E-state index contributed by atoms with van der Waals surface area (Å²) in [6, 6.07) is 3.07. The number of hydrogen-bond donors (Lipinski definition) is 2. The Kier molecular flexibility index (Phi) is 3.57. The van der Waals surface area contributed by atoms with Gasteiger partial charge in [-0.05, 0) is 51.0 Å². The normalized spacial score (nSPS) is 11.6. The summed E-state index contributed by atoms with van der Waals surface area (Å²) in [6.07, 6.45) is 0. The Morgan fingerprint density at radius 3 is 2.07 bits per heavy atom. The summed E-state index contributed by atoms with van der Waals surface area (Å²) in [4.78, 5) is 0.147. The van der Waals surface area contributed by atoms with Crippen LogP contribution in [0.3, 0.4) is 0 Å². The average Bonchev–Trinajstić information content (AvgIpc) is 2.01. The molecule has 0 radical (unpaired) electrons. The Balaban J connectivity index is 3.51. The molecule has 0 aromatic heterocycles. The Morgan fingerprint density at radius 2 is 1.71 bits per heavy atom. The zero-order valence-electron chi connectivity index (χ0n) is 7.21. The Morgan fingerprint density at radius 1 is 1.29 bits per heavy atom. The predicted octanol–water partition coefficient (Wildman–Crippen LogP) is 1.70. The fourth-order valence-electron chi connectivity index (χ4n) is 0.938. The SMILES string of the molecule is CNS(=O)(=O)c1c(Br)cc(N)cc1Br. The molecular weight excluding hydrogens is 336 g/mol. The highest BCUT2D eigenvalue weighted by atomic mass is 79.9. The summed E-state index contributed by atoms with van der Waals surface area (Å²) in [5.74, 6) is 0. The summed E-state index contributed by atoms with van der Waals surface area (Å²) in [6.45, 7) is 0. The topological polar surface area (TPSA) is 72.2 Å². The second-order valence-electron chi connectivity index (χ2n) is 2.52. The first-order chi connectivity index (χ1) is 6.38. The van der Waals surface area contributed by atoms with Crippen LogP contribution in [-0.2, 0) is 10.0 Å². The number of rotatable bonds is 2. The zero-order valence-corrected chi connectivity index (χ0v) is 11.2. The molecule has 0 heterocycles. The minimum Gasteiger partial charge on any atom is -0.399 e. The van der Waals surface area contributed by atoms with Crippen LogP contribution in [0.1, 0.15) is 0 Å². The molecule has 0 aliphatic heterocycles. The van der Waals surface area contributed by atoms with Gasteiger partial charge in [-0.2, -0.15) is 0 Å². The monoisotopic (exact) mass is 342 g/mol. The lowest BCUT2D eigenvalue weighted by molar-refractivity contribution is 0.587. The van der Waals surface area contributed by atoms with Crippen molar-refractivity contribution < 1.29 is 8.42 Å². The molecule has 0 fully saturated rings. The van der Waals surface area contributed by atoms with Gasteiger partial charge in [0.15, 0.2) is 0 Å². The Labute approximate surface area is 99.2 Å². The summed E-state index contributed by atoms with van der Waals surface area (Å²) in [5, 5.41) is 0. The van der Waals surface area contributed by atoms with Crippen molar-refractivity contribution in [2.24, 2.45) is 0 Å². The molecule has 0 spiro atoms. The van der Waals surface area contributed by atoms with E-state index in [1.165, 1.54) is 19.2 Å². The van der Waals surface area contributed by atoms with Gasteiger partial charge < -0.3 is 5.73 Å². The number of sulfonamides is 1. The second kappa shape index (κ2) is 4.18. The molecule has 1 aromatic carbocycles. The molecule has 0 aliphatic rings. The summed E-state index contributed by atoms with van der Waals surface area (Å²) in [7, 11) is -2.12. The largest absolute Gasteiger partial charge is 0.399 e. The average molecular weight is 344 g/mol. The van der Waals surface area contributed by atoms with Crippen molar-refractivity contribution in [2.45, 2.75) is 4.90 Å². The van der Waals surface area contributed by atoms with Gasteiger partial charge >= 0.3 is 0 Å². The van der Waals surface area contributed by atoms with E-state index in [0.29, 0.717) is 14.6 Å². The van der Waals surface area contributed by atoms with Gasteiger partial charge in [0.25, 0.3) is 0 Å². The van der Waals surface area contributed by atoms with Gasteiger partial charge in [-0.3, -0.25) is 0 Å². The lowest BCUT2D eigenvalue weighted by atomic mass is 10.3. The number of nitrogen functional groups attached to an aromatic ring is 1. The van der Waals surface area contributed by atoms with E-state index in [4.69, 9.17) is 5.73 Å². The van der Waals surface area contributed by atoms with E-state index >= 15 is 0 Å². The summed E-state index contributed by atoms with van der Waals surface area (Å²) >= 11 is 6.29. The molecule has 0 aliphatic carbocycles. The van der Waals surface area contributed by atoms with E-state index < -0.39 is 10.0 Å². The predicted molar refractivity (Wildman–Crippen MR) is 62.5 cm³/mol. The minimum atomic E-state index is -3.48. The van der Waals surface area contributed by atoms with Crippen molar-refractivity contribution in [3.05, 3.63) is 21.1 Å². The number of benzene rings is 1. The molecule has 14 heavy (non-hydrogen) atoms. The molecule has 7 heteroatoms. The van der Waals surface area contributed by atoms with Gasteiger partial charge in [0.1, 0.15) is 4.90 Å². The molecule has 0 amide bonds. The molecule has 1 rings (SSSR count). The highest BCUT2D eigenvalue weighted by molar-refractivity contribution is 9.11. The van der Waals surface area contributed by atoms with Crippen LogP contribution in [0.25, 0.3) is 0 Å². The van der Waals surface area contributed by atoms with E-state index in [1.807, 2.05) is 0 Å². The smallest absolute Gasteiger partial charge is 0.242 e. The third-order valence-corrected chi connectivity index (χ3v) is 4.85. The van der Waals surface area contributed by atoms with Gasteiger partial charge in [-0.1, -0.05) is 0 Å². The number of hydrogen-bond acceptors (Lipinski definition) is 3. The van der Waals surface area contributed by atoms with Crippen molar-refractivity contribution in [3.63, 3.8) is 0 Å². The maximum atomic E-state index is 11.5. The molecule has 0 bridgehead atoms. The molecule has 78 valence electrons. The maximum absolute atomic E-state index is 11.5. The van der Waals surface area contributed by atoms with Crippen LogP contribution in [0.2, 0.25) is 0 Å².